The van der Waals surface area contributed by atoms with Crippen molar-refractivity contribution in [2.45, 2.75) is 24.8 Å². The van der Waals surface area contributed by atoms with Gasteiger partial charge < -0.3 is 15.3 Å². The predicted molar refractivity (Wildman–Crippen MR) is 62.4 cm³/mol. The Bertz CT molecular complexity index is 475. The maximum atomic E-state index is 12.4. The smallest absolute Gasteiger partial charge is 0.416 e. The van der Waals surface area contributed by atoms with E-state index in [2.05, 4.69) is 15.9 Å². The van der Waals surface area contributed by atoms with E-state index in [1.54, 1.807) is 0 Å². The highest BCUT2D eigenvalue weighted by Gasteiger charge is 2.32. The third-order valence-corrected chi connectivity index (χ3v) is 3.08. The number of aliphatic carboxylic acids is 1. The van der Waals surface area contributed by atoms with Gasteiger partial charge in [0.05, 0.1) is 18.1 Å². The van der Waals surface area contributed by atoms with E-state index in [4.69, 9.17) is 5.11 Å². The van der Waals surface area contributed by atoms with Crippen molar-refractivity contribution in [1.29, 1.82) is 0 Å². The summed E-state index contributed by atoms with van der Waals surface area (Å²) in [5.41, 5.74) is -0.926. The van der Waals surface area contributed by atoms with Crippen molar-refractivity contribution in [3.63, 3.8) is 0 Å². The minimum absolute atomic E-state index is 0.0123. The molecule has 1 rings (SSSR count). The summed E-state index contributed by atoms with van der Waals surface area (Å²) in [5.74, 6) is -1.32. The van der Waals surface area contributed by atoms with E-state index in [1.165, 1.54) is 0 Å². The molecule has 3 N–H and O–H groups in total. The van der Waals surface area contributed by atoms with Crippen LogP contribution in [0.2, 0.25) is 0 Å². The van der Waals surface area contributed by atoms with Crippen LogP contribution in [0.3, 0.4) is 0 Å². The number of benzene rings is 1. The Morgan fingerprint density at radius 2 is 1.89 bits per heavy atom. The first-order valence-corrected chi connectivity index (χ1v) is 5.86. The number of hydrogen-bond donors (Lipinski definition) is 3. The van der Waals surface area contributed by atoms with Gasteiger partial charge in [-0.15, -0.1) is 0 Å². The number of hydrogen-bond acceptors (Lipinski definition) is 3. The third kappa shape index (κ3) is 4.19. The number of carbonyl (C=O) groups is 1. The second-order valence-electron chi connectivity index (χ2n) is 3.84. The molecule has 4 nitrogen and oxygen atoms in total. The second kappa shape index (κ2) is 5.89. The van der Waals surface area contributed by atoms with Gasteiger partial charge in [0, 0.05) is 4.47 Å². The minimum atomic E-state index is -4.52. The van der Waals surface area contributed by atoms with E-state index < -0.39 is 36.3 Å². The van der Waals surface area contributed by atoms with Gasteiger partial charge in [0.15, 0.2) is 0 Å². The second-order valence-corrected chi connectivity index (χ2v) is 4.70. The average Bonchev–Trinajstić information content (AvgIpc) is 2.25. The maximum Gasteiger partial charge on any atom is 0.416 e. The summed E-state index contributed by atoms with van der Waals surface area (Å²) in [4.78, 5) is 10.4. The Kier molecular flexibility index (Phi) is 4.94. The molecule has 0 aromatic heterocycles. The molecular formula is C11H10BrF3O4. The van der Waals surface area contributed by atoms with Crippen molar-refractivity contribution in [3.05, 3.63) is 33.8 Å². The molecule has 19 heavy (non-hydrogen) atoms. The highest BCUT2D eigenvalue weighted by molar-refractivity contribution is 9.10. The number of aliphatic hydroxyl groups is 2. The summed E-state index contributed by atoms with van der Waals surface area (Å²) in [7, 11) is 0. The first-order valence-electron chi connectivity index (χ1n) is 5.07. The van der Waals surface area contributed by atoms with E-state index in [9.17, 15) is 28.2 Å². The van der Waals surface area contributed by atoms with Crippen molar-refractivity contribution in [3.8, 4) is 0 Å². The molecule has 0 aliphatic rings. The van der Waals surface area contributed by atoms with Crippen LogP contribution >= 0.6 is 15.9 Å². The van der Waals surface area contributed by atoms with E-state index in [0.717, 1.165) is 18.2 Å². The normalized spacial score (nSPS) is 15.1. The van der Waals surface area contributed by atoms with E-state index >= 15 is 0 Å². The Morgan fingerprint density at radius 3 is 2.32 bits per heavy atom. The zero-order chi connectivity index (χ0) is 14.8. The molecule has 0 amide bonds. The molecule has 1 aromatic rings. The Labute approximate surface area is 114 Å². The lowest BCUT2D eigenvalue weighted by Crippen LogP contribution is -2.22. The first kappa shape index (κ1) is 15.9. The van der Waals surface area contributed by atoms with Crippen molar-refractivity contribution >= 4 is 21.9 Å². The molecule has 106 valence electrons. The minimum Gasteiger partial charge on any atom is -0.481 e. The van der Waals surface area contributed by atoms with Gasteiger partial charge in [-0.1, -0.05) is 22.0 Å². The summed E-state index contributed by atoms with van der Waals surface area (Å²) in [6, 6.07) is 2.49. The number of alkyl halides is 3. The Morgan fingerprint density at radius 1 is 1.32 bits per heavy atom. The lowest BCUT2D eigenvalue weighted by atomic mass is 10.0. The number of rotatable bonds is 4. The van der Waals surface area contributed by atoms with Crippen LogP contribution in [0, 0.1) is 0 Å². The van der Waals surface area contributed by atoms with Crippen LogP contribution in [0.5, 0.6) is 0 Å². The van der Waals surface area contributed by atoms with Gasteiger partial charge in [0.25, 0.3) is 0 Å². The van der Waals surface area contributed by atoms with Crippen molar-refractivity contribution in [2.75, 3.05) is 0 Å². The molecule has 2 unspecified atom stereocenters. The van der Waals surface area contributed by atoms with Gasteiger partial charge in [0.1, 0.15) is 6.10 Å². The van der Waals surface area contributed by atoms with Crippen LogP contribution in [0.25, 0.3) is 0 Å². The van der Waals surface area contributed by atoms with Gasteiger partial charge in [-0.05, 0) is 17.7 Å². The molecule has 0 heterocycles. The van der Waals surface area contributed by atoms with E-state index in [-0.39, 0.29) is 10.0 Å². The molecule has 0 fully saturated rings. The van der Waals surface area contributed by atoms with Crippen LogP contribution in [0.15, 0.2) is 22.7 Å². The Balaban J connectivity index is 2.99. The van der Waals surface area contributed by atoms with Gasteiger partial charge in [-0.3, -0.25) is 4.79 Å². The van der Waals surface area contributed by atoms with Crippen molar-refractivity contribution in [2.24, 2.45) is 0 Å². The predicted octanol–water partition coefficient (Wildman–Crippen LogP) is 2.34. The maximum absolute atomic E-state index is 12.4. The lowest BCUT2D eigenvalue weighted by molar-refractivity contribution is -0.141. The summed E-state index contributed by atoms with van der Waals surface area (Å²) >= 11 is 2.86. The molecule has 0 saturated heterocycles. The zero-order valence-corrected chi connectivity index (χ0v) is 10.9. The van der Waals surface area contributed by atoms with Crippen LogP contribution in [-0.4, -0.2) is 27.4 Å². The van der Waals surface area contributed by atoms with Gasteiger partial charge in [0.2, 0.25) is 0 Å². The van der Waals surface area contributed by atoms with Gasteiger partial charge in [-0.25, -0.2) is 0 Å². The molecular weight excluding hydrogens is 333 g/mol. The van der Waals surface area contributed by atoms with Crippen LogP contribution in [0.1, 0.15) is 23.7 Å². The molecule has 0 saturated carbocycles. The highest BCUT2D eigenvalue weighted by Crippen LogP contribution is 2.34. The topological polar surface area (TPSA) is 77.8 Å². The lowest BCUT2D eigenvalue weighted by Gasteiger charge is -2.18. The fourth-order valence-electron chi connectivity index (χ4n) is 1.44. The molecule has 8 heteroatoms. The van der Waals surface area contributed by atoms with Gasteiger partial charge >= 0.3 is 12.1 Å². The summed E-state index contributed by atoms with van der Waals surface area (Å²) in [6.45, 7) is 0. The van der Waals surface area contributed by atoms with E-state index in [0.29, 0.717) is 0 Å². The van der Waals surface area contributed by atoms with E-state index in [1.807, 2.05) is 0 Å². The molecule has 0 radical (unpaired) electrons. The fraction of sp³-hybridized carbons (Fsp3) is 0.364. The van der Waals surface area contributed by atoms with Crippen molar-refractivity contribution in [1.82, 2.24) is 0 Å². The monoisotopic (exact) mass is 342 g/mol. The Hall–Kier alpha value is -1.12. The van der Waals surface area contributed by atoms with Gasteiger partial charge in [-0.2, -0.15) is 13.2 Å². The SMILES string of the molecule is O=C(O)CC(O)C(O)c1ccc(C(F)(F)F)cc1Br. The third-order valence-electron chi connectivity index (χ3n) is 2.39. The summed E-state index contributed by atoms with van der Waals surface area (Å²) < 4.78 is 37.2. The largest absolute Gasteiger partial charge is 0.481 e. The fourth-order valence-corrected chi connectivity index (χ4v) is 2.05. The number of carboxylic acids is 1. The number of aliphatic hydroxyl groups excluding tert-OH is 2. The molecule has 2 atom stereocenters. The molecule has 0 aliphatic heterocycles. The van der Waals surface area contributed by atoms with Crippen LogP contribution in [-0.2, 0) is 11.0 Å². The molecule has 0 spiro atoms. The average molecular weight is 343 g/mol. The molecule has 0 bridgehead atoms. The quantitative estimate of drug-likeness (QED) is 0.784. The highest BCUT2D eigenvalue weighted by atomic mass is 79.9. The standard InChI is InChI=1S/C11H10BrF3O4/c12-7-3-5(11(13,14)15)1-2-6(7)10(19)8(16)4-9(17)18/h1-3,8,10,16,19H,4H2,(H,17,18). The summed E-state index contributed by atoms with van der Waals surface area (Å²) in [5, 5.41) is 27.6. The first-order chi connectivity index (χ1) is 8.62. The summed E-state index contributed by atoms with van der Waals surface area (Å²) in [6.07, 6.45) is -8.43. The molecule has 1 aromatic carbocycles. The van der Waals surface area contributed by atoms with Crippen molar-refractivity contribution < 1.29 is 33.3 Å². The van der Waals surface area contributed by atoms with Crippen LogP contribution < -0.4 is 0 Å². The number of halogens is 4. The number of carboxylic acid groups (broad SMARTS) is 1. The molecule has 0 aliphatic carbocycles. The zero-order valence-electron chi connectivity index (χ0n) is 9.36. The van der Waals surface area contributed by atoms with Crippen LogP contribution in [0.4, 0.5) is 13.2 Å².